The standard InChI is InChI=1S/C6H8N2O/c1-5-3-7-8-4-6(5)9-2/h3-4H,1-2H3. The quantitative estimate of drug-likeness (QED) is 0.555. The van der Waals surface area contributed by atoms with Gasteiger partial charge in [0.05, 0.1) is 19.5 Å². The summed E-state index contributed by atoms with van der Waals surface area (Å²) in [6.07, 6.45) is 3.26. The molecular weight excluding hydrogens is 116 g/mol. The predicted octanol–water partition coefficient (Wildman–Crippen LogP) is 0.794. The lowest BCUT2D eigenvalue weighted by Crippen LogP contribution is -1.89. The van der Waals surface area contributed by atoms with Crippen LogP contribution < -0.4 is 4.74 Å². The molecular formula is C6H8N2O. The smallest absolute Gasteiger partial charge is 0.143 e. The predicted molar refractivity (Wildman–Crippen MR) is 33.3 cm³/mol. The van der Waals surface area contributed by atoms with Crippen molar-refractivity contribution in [2.45, 2.75) is 6.92 Å². The second kappa shape index (κ2) is 2.44. The molecule has 0 radical (unpaired) electrons. The van der Waals surface area contributed by atoms with Crippen LogP contribution in [0.3, 0.4) is 0 Å². The number of aryl methyl sites for hydroxylation is 1. The number of methoxy groups -OCH3 is 1. The van der Waals surface area contributed by atoms with E-state index in [9.17, 15) is 0 Å². The summed E-state index contributed by atoms with van der Waals surface area (Å²) in [5.41, 5.74) is 1.01. The zero-order chi connectivity index (χ0) is 6.69. The van der Waals surface area contributed by atoms with Gasteiger partial charge in [0.2, 0.25) is 0 Å². The van der Waals surface area contributed by atoms with Crippen molar-refractivity contribution in [1.29, 1.82) is 0 Å². The Labute approximate surface area is 53.7 Å². The van der Waals surface area contributed by atoms with E-state index in [1.165, 1.54) is 0 Å². The first-order valence-corrected chi connectivity index (χ1v) is 2.66. The molecule has 0 spiro atoms. The Morgan fingerprint density at radius 1 is 1.33 bits per heavy atom. The number of rotatable bonds is 1. The van der Waals surface area contributed by atoms with Crippen LogP contribution in [0.2, 0.25) is 0 Å². The number of hydrogen-bond donors (Lipinski definition) is 0. The van der Waals surface area contributed by atoms with Crippen LogP contribution in [0.4, 0.5) is 0 Å². The third-order valence-corrected chi connectivity index (χ3v) is 1.10. The average molecular weight is 124 g/mol. The van der Waals surface area contributed by atoms with Gasteiger partial charge in [-0.2, -0.15) is 10.2 Å². The summed E-state index contributed by atoms with van der Waals surface area (Å²) in [5.74, 6) is 0.782. The topological polar surface area (TPSA) is 35.0 Å². The Morgan fingerprint density at radius 2 is 2.00 bits per heavy atom. The fourth-order valence-corrected chi connectivity index (χ4v) is 0.585. The summed E-state index contributed by atoms with van der Waals surface area (Å²) < 4.78 is 4.94. The van der Waals surface area contributed by atoms with E-state index in [1.54, 1.807) is 19.5 Å². The van der Waals surface area contributed by atoms with Gasteiger partial charge in [-0.05, 0) is 6.92 Å². The zero-order valence-electron chi connectivity index (χ0n) is 5.46. The average Bonchev–Trinajstić information content (AvgIpc) is 1.89. The summed E-state index contributed by atoms with van der Waals surface area (Å²) in [5, 5.41) is 7.30. The summed E-state index contributed by atoms with van der Waals surface area (Å²) in [4.78, 5) is 0. The van der Waals surface area contributed by atoms with Gasteiger partial charge in [-0.25, -0.2) is 0 Å². The maximum absolute atomic E-state index is 4.94. The van der Waals surface area contributed by atoms with E-state index in [-0.39, 0.29) is 0 Å². The van der Waals surface area contributed by atoms with Crippen molar-refractivity contribution < 1.29 is 4.74 Å². The summed E-state index contributed by atoms with van der Waals surface area (Å²) in [7, 11) is 1.62. The van der Waals surface area contributed by atoms with Gasteiger partial charge in [-0.3, -0.25) is 0 Å². The highest BCUT2D eigenvalue weighted by molar-refractivity contribution is 5.25. The monoisotopic (exact) mass is 124 g/mol. The molecule has 0 bridgehead atoms. The van der Waals surface area contributed by atoms with E-state index in [2.05, 4.69) is 10.2 Å². The Morgan fingerprint density at radius 3 is 2.44 bits per heavy atom. The molecule has 9 heavy (non-hydrogen) atoms. The number of aromatic nitrogens is 2. The first-order chi connectivity index (χ1) is 4.34. The van der Waals surface area contributed by atoms with E-state index in [1.807, 2.05) is 6.92 Å². The summed E-state index contributed by atoms with van der Waals surface area (Å²) in [6, 6.07) is 0. The van der Waals surface area contributed by atoms with E-state index < -0.39 is 0 Å². The minimum absolute atomic E-state index is 0.782. The zero-order valence-corrected chi connectivity index (χ0v) is 5.46. The third kappa shape index (κ3) is 1.16. The molecule has 0 N–H and O–H groups in total. The minimum atomic E-state index is 0.782. The number of nitrogens with zero attached hydrogens (tertiary/aromatic N) is 2. The van der Waals surface area contributed by atoms with Gasteiger partial charge in [-0.1, -0.05) is 0 Å². The largest absolute Gasteiger partial charge is 0.495 e. The van der Waals surface area contributed by atoms with E-state index >= 15 is 0 Å². The summed E-state index contributed by atoms with van der Waals surface area (Å²) >= 11 is 0. The fourth-order valence-electron chi connectivity index (χ4n) is 0.585. The molecule has 0 saturated carbocycles. The molecule has 0 aliphatic heterocycles. The molecule has 0 atom stereocenters. The molecule has 1 rings (SSSR count). The highest BCUT2D eigenvalue weighted by Crippen LogP contribution is 2.11. The molecule has 0 aromatic carbocycles. The van der Waals surface area contributed by atoms with Crippen LogP contribution in [0.15, 0.2) is 12.4 Å². The molecule has 0 aliphatic carbocycles. The minimum Gasteiger partial charge on any atom is -0.495 e. The maximum Gasteiger partial charge on any atom is 0.143 e. The molecule has 3 heteroatoms. The van der Waals surface area contributed by atoms with Crippen LogP contribution in [0.5, 0.6) is 5.75 Å². The summed E-state index contributed by atoms with van der Waals surface area (Å²) in [6.45, 7) is 1.92. The maximum atomic E-state index is 4.94. The first kappa shape index (κ1) is 6.01. The Hall–Kier alpha value is -1.12. The van der Waals surface area contributed by atoms with Crippen molar-refractivity contribution in [3.05, 3.63) is 18.0 Å². The van der Waals surface area contributed by atoms with Gasteiger partial charge in [-0.15, -0.1) is 0 Å². The Bertz CT molecular complexity index is 200. The lowest BCUT2D eigenvalue weighted by Gasteiger charge is -1.98. The van der Waals surface area contributed by atoms with Crippen molar-refractivity contribution in [3.8, 4) is 5.75 Å². The second-order valence-electron chi connectivity index (χ2n) is 1.74. The van der Waals surface area contributed by atoms with E-state index in [4.69, 9.17) is 4.74 Å². The van der Waals surface area contributed by atoms with Crippen molar-refractivity contribution >= 4 is 0 Å². The van der Waals surface area contributed by atoms with Gasteiger partial charge < -0.3 is 4.74 Å². The fraction of sp³-hybridized carbons (Fsp3) is 0.333. The van der Waals surface area contributed by atoms with E-state index in [0.29, 0.717) is 0 Å². The molecule has 0 aliphatic rings. The highest BCUT2D eigenvalue weighted by atomic mass is 16.5. The third-order valence-electron chi connectivity index (χ3n) is 1.10. The van der Waals surface area contributed by atoms with Gasteiger partial charge in [0, 0.05) is 5.56 Å². The molecule has 1 aromatic rings. The molecule has 0 amide bonds. The van der Waals surface area contributed by atoms with Crippen molar-refractivity contribution in [3.63, 3.8) is 0 Å². The van der Waals surface area contributed by atoms with Crippen LogP contribution in [-0.2, 0) is 0 Å². The van der Waals surface area contributed by atoms with Crippen LogP contribution in [0.1, 0.15) is 5.56 Å². The van der Waals surface area contributed by atoms with Crippen LogP contribution in [0.25, 0.3) is 0 Å². The van der Waals surface area contributed by atoms with E-state index in [0.717, 1.165) is 11.3 Å². The van der Waals surface area contributed by atoms with Crippen LogP contribution in [-0.4, -0.2) is 17.3 Å². The lowest BCUT2D eigenvalue weighted by atomic mass is 10.3. The lowest BCUT2D eigenvalue weighted by molar-refractivity contribution is 0.408. The van der Waals surface area contributed by atoms with Crippen molar-refractivity contribution in [2.24, 2.45) is 0 Å². The van der Waals surface area contributed by atoms with Crippen molar-refractivity contribution in [2.75, 3.05) is 7.11 Å². The van der Waals surface area contributed by atoms with Gasteiger partial charge in [0.15, 0.2) is 0 Å². The van der Waals surface area contributed by atoms with Gasteiger partial charge in [0.25, 0.3) is 0 Å². The molecule has 0 saturated heterocycles. The SMILES string of the molecule is COc1cnncc1C. The van der Waals surface area contributed by atoms with Crippen LogP contribution in [0, 0.1) is 6.92 Å². The second-order valence-corrected chi connectivity index (χ2v) is 1.74. The molecule has 48 valence electrons. The number of ether oxygens (including phenoxy) is 1. The Balaban J connectivity index is 3.01. The number of hydrogen-bond acceptors (Lipinski definition) is 3. The molecule has 1 aromatic heterocycles. The first-order valence-electron chi connectivity index (χ1n) is 2.66. The van der Waals surface area contributed by atoms with Gasteiger partial charge in [0.1, 0.15) is 5.75 Å². The van der Waals surface area contributed by atoms with Crippen LogP contribution >= 0.6 is 0 Å². The highest BCUT2D eigenvalue weighted by Gasteiger charge is 1.93. The Kier molecular flexibility index (Phi) is 1.63. The molecule has 3 nitrogen and oxygen atoms in total. The molecule has 0 fully saturated rings. The van der Waals surface area contributed by atoms with Crippen molar-refractivity contribution in [1.82, 2.24) is 10.2 Å². The normalized spacial score (nSPS) is 9.11. The molecule has 1 heterocycles. The van der Waals surface area contributed by atoms with Gasteiger partial charge >= 0.3 is 0 Å². The molecule has 0 unspecified atom stereocenters.